The average Bonchev–Trinajstić information content (AvgIpc) is 2.78. The Labute approximate surface area is 170 Å². The number of hydrogen-bond donors (Lipinski definition) is 1. The molecule has 2 aliphatic rings. The molecule has 1 N–H and O–H groups in total. The van der Waals surface area contributed by atoms with Crippen LogP contribution in [-0.2, 0) is 14.3 Å². The molecule has 0 saturated heterocycles. The SMILES string of the molecule is CN1C(=O)c2ccccc2N([C@@H]2CCC[C@@H](OS(C)(=O)=O)[C@H]2O)c2ccccc21. The first-order chi connectivity index (χ1) is 13.8. The Morgan fingerprint density at radius 2 is 1.62 bits per heavy atom. The zero-order chi connectivity index (χ0) is 20.8. The summed E-state index contributed by atoms with van der Waals surface area (Å²) in [7, 11) is -1.97. The predicted molar refractivity (Wildman–Crippen MR) is 111 cm³/mol. The fourth-order valence-corrected chi connectivity index (χ4v) is 4.98. The molecule has 4 rings (SSSR count). The van der Waals surface area contributed by atoms with Gasteiger partial charge in [0.05, 0.1) is 34.9 Å². The summed E-state index contributed by atoms with van der Waals surface area (Å²) in [4.78, 5) is 16.7. The number of fused-ring (bicyclic) bond motifs is 2. The topological polar surface area (TPSA) is 87.2 Å². The summed E-state index contributed by atoms with van der Waals surface area (Å²) in [6.07, 6.45) is 0.949. The monoisotopic (exact) mass is 416 g/mol. The van der Waals surface area contributed by atoms with Crippen LogP contribution in [0.5, 0.6) is 0 Å². The van der Waals surface area contributed by atoms with Gasteiger partial charge in [0.15, 0.2) is 0 Å². The van der Waals surface area contributed by atoms with E-state index >= 15 is 0 Å². The van der Waals surface area contributed by atoms with Crippen LogP contribution in [0, 0.1) is 0 Å². The summed E-state index contributed by atoms with van der Waals surface area (Å²) < 4.78 is 28.5. The Morgan fingerprint density at radius 3 is 2.31 bits per heavy atom. The van der Waals surface area contributed by atoms with Crippen molar-refractivity contribution in [2.45, 2.75) is 37.5 Å². The van der Waals surface area contributed by atoms with Gasteiger partial charge in [0.25, 0.3) is 16.0 Å². The highest BCUT2D eigenvalue weighted by molar-refractivity contribution is 7.86. The standard InChI is InChI=1S/C21H24N2O5S/c1-22-16-10-5-6-11-17(16)23(15-9-4-3-8-14(15)21(22)25)18-12-7-13-19(20(18)24)28-29(2,26)27/h3-6,8-11,18-20,24H,7,12-13H2,1-2H3/t18-,19-,20+/m1/s1. The molecule has 8 heteroatoms. The number of anilines is 3. The van der Waals surface area contributed by atoms with Crippen molar-refractivity contribution in [1.29, 1.82) is 0 Å². The molecule has 0 spiro atoms. The van der Waals surface area contributed by atoms with Crippen molar-refractivity contribution < 1.29 is 22.5 Å². The molecular formula is C21H24N2O5S. The number of nitrogens with zero attached hydrogens (tertiary/aromatic N) is 2. The van der Waals surface area contributed by atoms with Gasteiger partial charge in [-0.05, 0) is 43.5 Å². The van der Waals surface area contributed by atoms with Crippen LogP contribution in [0.25, 0.3) is 0 Å². The smallest absolute Gasteiger partial charge is 0.264 e. The van der Waals surface area contributed by atoms with E-state index in [0.717, 1.165) is 17.6 Å². The number of rotatable bonds is 3. The van der Waals surface area contributed by atoms with E-state index in [1.165, 1.54) is 0 Å². The molecular weight excluding hydrogens is 392 g/mol. The maximum Gasteiger partial charge on any atom is 0.264 e. The number of benzene rings is 2. The quantitative estimate of drug-likeness (QED) is 0.774. The van der Waals surface area contributed by atoms with Gasteiger partial charge in [0.1, 0.15) is 12.2 Å². The van der Waals surface area contributed by atoms with Gasteiger partial charge in [-0.15, -0.1) is 0 Å². The van der Waals surface area contributed by atoms with Gasteiger partial charge in [0.2, 0.25) is 0 Å². The van der Waals surface area contributed by atoms with Crippen molar-refractivity contribution in [3.63, 3.8) is 0 Å². The van der Waals surface area contributed by atoms with Crippen molar-refractivity contribution in [2.75, 3.05) is 23.1 Å². The second-order valence-electron chi connectivity index (χ2n) is 7.57. The van der Waals surface area contributed by atoms with Crippen LogP contribution in [0.4, 0.5) is 17.1 Å². The molecule has 1 amide bonds. The number of aliphatic hydroxyl groups is 1. The second kappa shape index (κ2) is 7.44. The first-order valence-electron chi connectivity index (χ1n) is 9.59. The molecule has 1 aliphatic heterocycles. The molecule has 1 saturated carbocycles. The zero-order valence-corrected chi connectivity index (χ0v) is 17.2. The van der Waals surface area contributed by atoms with E-state index in [-0.39, 0.29) is 5.91 Å². The summed E-state index contributed by atoms with van der Waals surface area (Å²) >= 11 is 0. The molecule has 1 heterocycles. The van der Waals surface area contributed by atoms with Gasteiger partial charge in [-0.25, -0.2) is 0 Å². The lowest BCUT2D eigenvalue weighted by Crippen LogP contribution is -2.51. The molecule has 3 atom stereocenters. The van der Waals surface area contributed by atoms with Crippen molar-refractivity contribution in [3.8, 4) is 0 Å². The highest BCUT2D eigenvalue weighted by atomic mass is 32.2. The molecule has 0 radical (unpaired) electrons. The third-order valence-corrected chi connectivity index (χ3v) is 6.19. The summed E-state index contributed by atoms with van der Waals surface area (Å²) in [5, 5.41) is 11.1. The van der Waals surface area contributed by atoms with Gasteiger partial charge >= 0.3 is 0 Å². The Kier molecular flexibility index (Phi) is 5.10. The minimum absolute atomic E-state index is 0.134. The second-order valence-corrected chi connectivity index (χ2v) is 9.17. The Bertz CT molecular complexity index is 1040. The number of aliphatic hydroxyl groups excluding tert-OH is 1. The van der Waals surface area contributed by atoms with E-state index in [1.807, 2.05) is 47.4 Å². The number of amides is 1. The summed E-state index contributed by atoms with van der Waals surface area (Å²) in [5.41, 5.74) is 2.74. The first-order valence-corrected chi connectivity index (χ1v) is 11.4. The van der Waals surface area contributed by atoms with Crippen LogP contribution in [0.15, 0.2) is 48.5 Å². The molecule has 1 aliphatic carbocycles. The van der Waals surface area contributed by atoms with Gasteiger partial charge in [-0.3, -0.25) is 8.98 Å². The molecule has 1 fully saturated rings. The number of hydrogen-bond acceptors (Lipinski definition) is 6. The molecule has 0 aromatic heterocycles. The van der Waals surface area contributed by atoms with E-state index in [2.05, 4.69) is 0 Å². The molecule has 0 unspecified atom stereocenters. The lowest BCUT2D eigenvalue weighted by Gasteiger charge is -2.42. The highest BCUT2D eigenvalue weighted by Gasteiger charge is 2.41. The summed E-state index contributed by atoms with van der Waals surface area (Å²) in [6, 6.07) is 14.4. The number of carbonyl (C=O) groups excluding carboxylic acids is 1. The first kappa shape index (κ1) is 19.9. The maximum atomic E-state index is 13.1. The fraction of sp³-hybridized carbons (Fsp3) is 0.381. The molecule has 0 bridgehead atoms. The lowest BCUT2D eigenvalue weighted by atomic mass is 9.88. The van der Waals surface area contributed by atoms with E-state index in [4.69, 9.17) is 4.18 Å². The van der Waals surface area contributed by atoms with E-state index in [1.54, 1.807) is 18.0 Å². The Balaban J connectivity index is 1.85. The third kappa shape index (κ3) is 3.63. The maximum absolute atomic E-state index is 13.1. The van der Waals surface area contributed by atoms with Crippen LogP contribution in [0.3, 0.4) is 0 Å². The van der Waals surface area contributed by atoms with Crippen molar-refractivity contribution in [1.82, 2.24) is 0 Å². The predicted octanol–water partition coefficient (Wildman–Crippen LogP) is 2.67. The van der Waals surface area contributed by atoms with E-state index in [9.17, 15) is 18.3 Å². The lowest BCUT2D eigenvalue weighted by molar-refractivity contribution is -0.00191. The third-order valence-electron chi connectivity index (χ3n) is 5.59. The fourth-order valence-electron chi connectivity index (χ4n) is 4.32. The van der Waals surface area contributed by atoms with Crippen LogP contribution >= 0.6 is 0 Å². The van der Waals surface area contributed by atoms with E-state index in [0.29, 0.717) is 30.5 Å². The van der Waals surface area contributed by atoms with Crippen molar-refractivity contribution in [2.24, 2.45) is 0 Å². The van der Waals surface area contributed by atoms with Crippen molar-refractivity contribution >= 4 is 33.1 Å². The molecule has 29 heavy (non-hydrogen) atoms. The van der Waals surface area contributed by atoms with Crippen molar-refractivity contribution in [3.05, 3.63) is 54.1 Å². The Hall–Kier alpha value is -2.42. The normalized spacial score (nSPS) is 24.7. The Morgan fingerprint density at radius 1 is 1.00 bits per heavy atom. The molecule has 2 aromatic rings. The molecule has 154 valence electrons. The summed E-state index contributed by atoms with van der Waals surface area (Å²) in [5.74, 6) is -0.134. The average molecular weight is 416 g/mol. The van der Waals surface area contributed by atoms with Crippen LogP contribution in [0.2, 0.25) is 0 Å². The minimum Gasteiger partial charge on any atom is -0.388 e. The highest BCUT2D eigenvalue weighted by Crippen LogP contribution is 2.44. The minimum atomic E-state index is -3.70. The van der Waals surface area contributed by atoms with Gasteiger partial charge in [0, 0.05) is 7.05 Å². The van der Waals surface area contributed by atoms with Gasteiger partial charge < -0.3 is 14.9 Å². The van der Waals surface area contributed by atoms with Crippen LogP contribution in [-0.4, -0.2) is 51.0 Å². The van der Waals surface area contributed by atoms with Gasteiger partial charge in [-0.2, -0.15) is 8.42 Å². The van der Waals surface area contributed by atoms with Crippen LogP contribution in [0.1, 0.15) is 29.6 Å². The molecule has 2 aromatic carbocycles. The molecule has 7 nitrogen and oxygen atoms in total. The van der Waals surface area contributed by atoms with Gasteiger partial charge in [-0.1, -0.05) is 24.3 Å². The van der Waals surface area contributed by atoms with E-state index < -0.39 is 28.4 Å². The largest absolute Gasteiger partial charge is 0.388 e. The zero-order valence-electron chi connectivity index (χ0n) is 16.4. The number of para-hydroxylation sites is 3. The van der Waals surface area contributed by atoms with Crippen LogP contribution < -0.4 is 9.80 Å². The number of carbonyl (C=O) groups is 1. The summed E-state index contributed by atoms with van der Waals surface area (Å²) in [6.45, 7) is 0.